The zero-order chi connectivity index (χ0) is 21.3. The van der Waals surface area contributed by atoms with Crippen LogP contribution in [0.4, 0.5) is 0 Å². The lowest BCUT2D eigenvalue weighted by Gasteiger charge is -2.21. The van der Waals surface area contributed by atoms with Crippen molar-refractivity contribution < 1.29 is 9.47 Å². The first kappa shape index (κ1) is 22.7. The predicted octanol–water partition coefficient (Wildman–Crippen LogP) is 2.10. The Kier molecular flexibility index (Phi) is 8.63. The lowest BCUT2D eigenvalue weighted by atomic mass is 10.1. The van der Waals surface area contributed by atoms with Gasteiger partial charge in [-0.2, -0.15) is 0 Å². The number of hydrogen-bond acceptors (Lipinski definition) is 5. The molecule has 168 valence electrons. The van der Waals surface area contributed by atoms with Crippen molar-refractivity contribution >= 4 is 5.96 Å². The van der Waals surface area contributed by atoms with E-state index >= 15 is 0 Å². The molecule has 0 aliphatic carbocycles. The maximum absolute atomic E-state index is 5.94. The fourth-order valence-corrected chi connectivity index (χ4v) is 4.06. The summed E-state index contributed by atoms with van der Waals surface area (Å²) in [6.07, 6.45) is 2.41. The second-order valence-electron chi connectivity index (χ2n) is 8.25. The minimum absolute atomic E-state index is 0.228. The minimum Gasteiger partial charge on any atom is -0.494 e. The maximum Gasteiger partial charge on any atom is 0.191 e. The van der Waals surface area contributed by atoms with E-state index in [0.717, 1.165) is 62.2 Å². The van der Waals surface area contributed by atoms with Gasteiger partial charge in [-0.3, -0.25) is 0 Å². The van der Waals surface area contributed by atoms with Gasteiger partial charge in [-0.25, -0.2) is 4.99 Å². The van der Waals surface area contributed by atoms with Crippen LogP contribution in [0.5, 0.6) is 11.5 Å². The van der Waals surface area contributed by atoms with Crippen LogP contribution in [0.15, 0.2) is 17.1 Å². The number of aliphatic imine (C=N–C) groups is 1. The molecule has 7 nitrogen and oxygen atoms in total. The fourth-order valence-electron chi connectivity index (χ4n) is 4.06. The van der Waals surface area contributed by atoms with E-state index in [4.69, 9.17) is 14.5 Å². The first-order chi connectivity index (χ1) is 14.6. The molecule has 0 bridgehead atoms. The molecular weight excluding hydrogens is 378 g/mol. The molecule has 1 aromatic carbocycles. The van der Waals surface area contributed by atoms with E-state index in [1.165, 1.54) is 25.1 Å². The van der Waals surface area contributed by atoms with Crippen molar-refractivity contribution in [3.8, 4) is 11.5 Å². The van der Waals surface area contributed by atoms with Crippen molar-refractivity contribution in [3.05, 3.63) is 23.3 Å². The quantitative estimate of drug-likeness (QED) is 0.499. The van der Waals surface area contributed by atoms with E-state index < -0.39 is 0 Å². The smallest absolute Gasteiger partial charge is 0.191 e. The molecule has 1 aromatic rings. The summed E-state index contributed by atoms with van der Waals surface area (Å²) in [5.41, 5.74) is 2.30. The van der Waals surface area contributed by atoms with Crippen LogP contribution in [0.1, 0.15) is 38.3 Å². The SMILES string of the molecule is CCNC(=NCc1cc2c(cc1OCC)CC(C)O2)NCCN1CCCN(C)CC1. The van der Waals surface area contributed by atoms with Crippen molar-refractivity contribution in [2.45, 2.75) is 46.3 Å². The van der Waals surface area contributed by atoms with E-state index in [-0.39, 0.29) is 6.10 Å². The maximum atomic E-state index is 5.94. The molecule has 0 radical (unpaired) electrons. The molecule has 2 heterocycles. The summed E-state index contributed by atoms with van der Waals surface area (Å²) in [7, 11) is 2.21. The Balaban J connectivity index is 1.59. The molecule has 1 atom stereocenters. The molecule has 7 heteroatoms. The van der Waals surface area contributed by atoms with E-state index in [1.807, 2.05) is 6.92 Å². The molecule has 1 unspecified atom stereocenters. The zero-order valence-electron chi connectivity index (χ0n) is 19.2. The Morgan fingerprint density at radius 1 is 1.20 bits per heavy atom. The lowest BCUT2D eigenvalue weighted by Crippen LogP contribution is -2.42. The highest BCUT2D eigenvalue weighted by Crippen LogP contribution is 2.35. The zero-order valence-corrected chi connectivity index (χ0v) is 19.2. The topological polar surface area (TPSA) is 61.4 Å². The standard InChI is InChI=1S/C23H39N5O2/c1-5-24-23(25-8-11-28-10-7-9-27(4)12-13-28)26-17-20-16-22-19(14-18(3)30-22)15-21(20)29-6-2/h15-16,18H,5-14,17H2,1-4H3,(H2,24,25,26). The molecule has 0 saturated carbocycles. The highest BCUT2D eigenvalue weighted by molar-refractivity contribution is 5.79. The summed E-state index contributed by atoms with van der Waals surface area (Å²) in [4.78, 5) is 9.76. The van der Waals surface area contributed by atoms with Gasteiger partial charge in [0.25, 0.3) is 0 Å². The second-order valence-corrected chi connectivity index (χ2v) is 8.25. The number of benzene rings is 1. The first-order valence-corrected chi connectivity index (χ1v) is 11.5. The third-order valence-corrected chi connectivity index (χ3v) is 5.66. The average Bonchev–Trinajstić information content (AvgIpc) is 2.95. The van der Waals surface area contributed by atoms with Crippen molar-refractivity contribution in [2.24, 2.45) is 4.99 Å². The number of ether oxygens (including phenoxy) is 2. The third kappa shape index (κ3) is 6.51. The number of fused-ring (bicyclic) bond motifs is 1. The number of likely N-dealkylation sites (N-methyl/N-ethyl adjacent to an activating group) is 1. The molecule has 2 aliphatic rings. The number of guanidine groups is 1. The van der Waals surface area contributed by atoms with Crippen LogP contribution >= 0.6 is 0 Å². The van der Waals surface area contributed by atoms with Gasteiger partial charge in [0.1, 0.15) is 17.6 Å². The lowest BCUT2D eigenvalue weighted by molar-refractivity contribution is 0.254. The Hall–Kier alpha value is -1.99. The normalized spacial score (nSPS) is 20.4. The summed E-state index contributed by atoms with van der Waals surface area (Å²) in [5.74, 6) is 2.74. The largest absolute Gasteiger partial charge is 0.494 e. The number of nitrogens with one attached hydrogen (secondary N) is 2. The van der Waals surface area contributed by atoms with Crippen LogP contribution in [0.2, 0.25) is 0 Å². The van der Waals surface area contributed by atoms with Gasteiger partial charge in [0.15, 0.2) is 5.96 Å². The molecule has 1 fully saturated rings. The van der Waals surface area contributed by atoms with Gasteiger partial charge in [0.05, 0.1) is 13.2 Å². The van der Waals surface area contributed by atoms with Crippen LogP contribution in [0.3, 0.4) is 0 Å². The Labute approximate surface area is 181 Å². The van der Waals surface area contributed by atoms with Crippen LogP contribution in [-0.2, 0) is 13.0 Å². The van der Waals surface area contributed by atoms with Gasteiger partial charge in [-0.15, -0.1) is 0 Å². The molecular formula is C23H39N5O2. The van der Waals surface area contributed by atoms with E-state index in [1.54, 1.807) is 0 Å². The monoisotopic (exact) mass is 417 g/mol. The molecule has 2 aliphatic heterocycles. The summed E-state index contributed by atoms with van der Waals surface area (Å²) in [5, 5.41) is 6.85. The number of hydrogen-bond donors (Lipinski definition) is 2. The van der Waals surface area contributed by atoms with E-state index in [9.17, 15) is 0 Å². The number of rotatable bonds is 8. The van der Waals surface area contributed by atoms with E-state index in [0.29, 0.717) is 13.2 Å². The van der Waals surface area contributed by atoms with Gasteiger partial charge in [0, 0.05) is 50.3 Å². The van der Waals surface area contributed by atoms with Crippen molar-refractivity contribution in [3.63, 3.8) is 0 Å². The van der Waals surface area contributed by atoms with E-state index in [2.05, 4.69) is 53.5 Å². The fraction of sp³-hybridized carbons (Fsp3) is 0.696. The molecule has 1 saturated heterocycles. The number of nitrogens with zero attached hydrogens (tertiary/aromatic N) is 3. The van der Waals surface area contributed by atoms with Crippen LogP contribution in [-0.4, -0.2) is 81.3 Å². The summed E-state index contributed by atoms with van der Waals surface area (Å²) < 4.78 is 11.8. The summed E-state index contributed by atoms with van der Waals surface area (Å²) >= 11 is 0. The van der Waals surface area contributed by atoms with Crippen molar-refractivity contribution in [1.82, 2.24) is 20.4 Å². The molecule has 0 amide bonds. The van der Waals surface area contributed by atoms with Crippen LogP contribution in [0, 0.1) is 0 Å². The molecule has 2 N–H and O–H groups in total. The summed E-state index contributed by atoms with van der Waals surface area (Å²) in [6.45, 7) is 14.8. The van der Waals surface area contributed by atoms with Crippen molar-refractivity contribution in [1.29, 1.82) is 0 Å². The molecule has 3 rings (SSSR count). The molecule has 30 heavy (non-hydrogen) atoms. The average molecular weight is 418 g/mol. The van der Waals surface area contributed by atoms with Crippen molar-refractivity contribution in [2.75, 3.05) is 59.5 Å². The highest BCUT2D eigenvalue weighted by atomic mass is 16.5. The van der Waals surface area contributed by atoms with Gasteiger partial charge >= 0.3 is 0 Å². The van der Waals surface area contributed by atoms with Gasteiger partial charge in [0.2, 0.25) is 0 Å². The predicted molar refractivity (Wildman–Crippen MR) is 123 cm³/mol. The van der Waals surface area contributed by atoms with Crippen LogP contribution < -0.4 is 20.1 Å². The Morgan fingerprint density at radius 2 is 2.07 bits per heavy atom. The minimum atomic E-state index is 0.228. The second kappa shape index (κ2) is 11.4. The Morgan fingerprint density at radius 3 is 2.87 bits per heavy atom. The van der Waals surface area contributed by atoms with Gasteiger partial charge in [-0.1, -0.05) is 0 Å². The highest BCUT2D eigenvalue weighted by Gasteiger charge is 2.21. The van der Waals surface area contributed by atoms with Crippen LogP contribution in [0.25, 0.3) is 0 Å². The third-order valence-electron chi connectivity index (χ3n) is 5.66. The van der Waals surface area contributed by atoms with Gasteiger partial charge < -0.3 is 29.9 Å². The first-order valence-electron chi connectivity index (χ1n) is 11.5. The Bertz CT molecular complexity index is 709. The molecule has 0 spiro atoms. The summed E-state index contributed by atoms with van der Waals surface area (Å²) in [6, 6.07) is 4.23. The molecule has 0 aromatic heterocycles. The van der Waals surface area contributed by atoms with Gasteiger partial charge in [-0.05, 0) is 59.5 Å².